The smallest absolute Gasteiger partial charge is 0.0635 e. The second-order valence-corrected chi connectivity index (χ2v) is 6.65. The minimum atomic E-state index is -0.348. The fraction of sp³-hybridized carbons (Fsp3) is 0.0370. The van der Waals surface area contributed by atoms with Gasteiger partial charge in [-0.15, -0.1) is 0 Å². The van der Waals surface area contributed by atoms with Crippen LogP contribution in [-0.4, -0.2) is 0 Å². The van der Waals surface area contributed by atoms with E-state index < -0.39 is 0 Å². The lowest BCUT2D eigenvalue weighted by Gasteiger charge is -2.33. The molecule has 0 N–H and O–H groups in total. The zero-order valence-corrected chi connectivity index (χ0v) is 15.2. The summed E-state index contributed by atoms with van der Waals surface area (Å²) in [5, 5.41) is 0. The van der Waals surface area contributed by atoms with E-state index in [0.717, 1.165) is 0 Å². The lowest BCUT2D eigenvalue weighted by Crippen LogP contribution is -2.26. The van der Waals surface area contributed by atoms with Crippen molar-refractivity contribution < 1.29 is 0 Å². The first-order valence-corrected chi connectivity index (χ1v) is 9.30. The zero-order chi connectivity index (χ0) is 18.4. The molecular formula is C27H22. The van der Waals surface area contributed by atoms with Crippen LogP contribution in [0.15, 0.2) is 127 Å². The third-order valence-corrected chi connectivity index (χ3v) is 5.01. The molecule has 0 heteroatoms. The first kappa shape index (κ1) is 17.1. The number of hydrogen-bond donors (Lipinski definition) is 0. The van der Waals surface area contributed by atoms with E-state index in [1.54, 1.807) is 0 Å². The van der Waals surface area contributed by atoms with Crippen LogP contribution in [0, 0.1) is 0 Å². The molecule has 0 radical (unpaired) electrons. The number of allylic oxidation sites excluding steroid dienone is 1. The van der Waals surface area contributed by atoms with Gasteiger partial charge < -0.3 is 0 Å². The second-order valence-electron chi connectivity index (χ2n) is 6.65. The van der Waals surface area contributed by atoms with E-state index in [9.17, 15) is 0 Å². The van der Waals surface area contributed by atoms with Crippen LogP contribution in [0.3, 0.4) is 0 Å². The maximum atomic E-state index is 2.34. The summed E-state index contributed by atoms with van der Waals surface area (Å²) in [7, 11) is 0. The number of hydrogen-bond acceptors (Lipinski definition) is 0. The molecule has 0 unspecified atom stereocenters. The van der Waals surface area contributed by atoms with Crippen molar-refractivity contribution in [2.75, 3.05) is 0 Å². The molecule has 4 rings (SSSR count). The standard InChI is InChI=1S/C27H22/c1-5-13-23(14-6-1)21-22-27(24-15-7-2-8-16-24,25-17-9-3-10-18-25)26-19-11-4-12-20-26/h1-22H. The van der Waals surface area contributed by atoms with Gasteiger partial charge in [0.25, 0.3) is 0 Å². The molecule has 130 valence electrons. The van der Waals surface area contributed by atoms with Gasteiger partial charge in [0.15, 0.2) is 0 Å². The highest BCUT2D eigenvalue weighted by Gasteiger charge is 2.33. The first-order valence-electron chi connectivity index (χ1n) is 9.30. The highest BCUT2D eigenvalue weighted by Crippen LogP contribution is 2.41. The van der Waals surface area contributed by atoms with Gasteiger partial charge in [-0.2, -0.15) is 0 Å². The molecule has 0 heterocycles. The molecule has 0 aromatic heterocycles. The minimum absolute atomic E-state index is 0.348. The van der Waals surface area contributed by atoms with Gasteiger partial charge in [-0.1, -0.05) is 133 Å². The quantitative estimate of drug-likeness (QED) is 0.351. The molecule has 0 spiro atoms. The Hall–Kier alpha value is -3.38. The predicted octanol–water partition coefficient (Wildman–Crippen LogP) is 6.73. The summed E-state index contributed by atoms with van der Waals surface area (Å²) in [6, 6.07) is 42.7. The van der Waals surface area contributed by atoms with Crippen molar-refractivity contribution in [3.05, 3.63) is 150 Å². The molecule has 0 saturated carbocycles. The van der Waals surface area contributed by atoms with Gasteiger partial charge in [0, 0.05) is 0 Å². The Morgan fingerprint density at radius 1 is 0.407 bits per heavy atom. The van der Waals surface area contributed by atoms with Crippen LogP contribution >= 0.6 is 0 Å². The lowest BCUT2D eigenvalue weighted by molar-refractivity contribution is 0.782. The van der Waals surface area contributed by atoms with Crippen LogP contribution in [-0.2, 0) is 5.41 Å². The van der Waals surface area contributed by atoms with Crippen LogP contribution in [0.4, 0.5) is 0 Å². The van der Waals surface area contributed by atoms with E-state index in [1.807, 2.05) is 0 Å². The molecule has 0 bridgehead atoms. The van der Waals surface area contributed by atoms with Crippen LogP contribution in [0.25, 0.3) is 6.08 Å². The van der Waals surface area contributed by atoms with Crippen molar-refractivity contribution in [1.29, 1.82) is 0 Å². The highest BCUT2D eigenvalue weighted by atomic mass is 14.3. The van der Waals surface area contributed by atoms with Gasteiger partial charge in [0.2, 0.25) is 0 Å². The predicted molar refractivity (Wildman–Crippen MR) is 115 cm³/mol. The van der Waals surface area contributed by atoms with E-state index in [1.165, 1.54) is 22.3 Å². The number of benzene rings is 4. The third-order valence-electron chi connectivity index (χ3n) is 5.01. The maximum Gasteiger partial charge on any atom is 0.0635 e. The molecule has 0 saturated heterocycles. The monoisotopic (exact) mass is 346 g/mol. The van der Waals surface area contributed by atoms with Gasteiger partial charge in [-0.3, -0.25) is 0 Å². The second kappa shape index (κ2) is 7.88. The van der Waals surface area contributed by atoms with Crippen molar-refractivity contribution >= 4 is 6.08 Å². The van der Waals surface area contributed by atoms with Crippen molar-refractivity contribution in [1.82, 2.24) is 0 Å². The molecule has 0 amide bonds. The Morgan fingerprint density at radius 2 is 0.741 bits per heavy atom. The summed E-state index contributed by atoms with van der Waals surface area (Å²) < 4.78 is 0. The molecule has 4 aromatic rings. The molecule has 27 heavy (non-hydrogen) atoms. The van der Waals surface area contributed by atoms with Crippen LogP contribution in [0.5, 0.6) is 0 Å². The minimum Gasteiger partial charge on any atom is -0.0646 e. The summed E-state index contributed by atoms with van der Waals surface area (Å²) in [5.41, 5.74) is 4.63. The molecular weight excluding hydrogens is 324 g/mol. The van der Waals surface area contributed by atoms with Crippen molar-refractivity contribution in [3.63, 3.8) is 0 Å². The normalized spacial score (nSPS) is 11.6. The summed E-state index contributed by atoms with van der Waals surface area (Å²) >= 11 is 0. The van der Waals surface area contributed by atoms with E-state index in [2.05, 4.69) is 133 Å². The molecule has 0 aliphatic rings. The van der Waals surface area contributed by atoms with Gasteiger partial charge in [0.1, 0.15) is 0 Å². The van der Waals surface area contributed by atoms with Crippen molar-refractivity contribution in [2.45, 2.75) is 5.41 Å². The van der Waals surface area contributed by atoms with E-state index in [4.69, 9.17) is 0 Å². The maximum absolute atomic E-state index is 2.34. The summed E-state index contributed by atoms with van der Waals surface area (Å²) in [6.07, 6.45) is 4.56. The molecule has 0 fully saturated rings. The fourth-order valence-electron chi connectivity index (χ4n) is 3.68. The number of rotatable bonds is 5. The van der Waals surface area contributed by atoms with Gasteiger partial charge >= 0.3 is 0 Å². The van der Waals surface area contributed by atoms with Crippen LogP contribution in [0.2, 0.25) is 0 Å². The average Bonchev–Trinajstić information content (AvgIpc) is 2.77. The summed E-state index contributed by atoms with van der Waals surface area (Å²) in [5.74, 6) is 0. The van der Waals surface area contributed by atoms with Crippen molar-refractivity contribution in [2.24, 2.45) is 0 Å². The Kier molecular flexibility index (Phi) is 4.98. The molecule has 0 nitrogen and oxygen atoms in total. The third kappa shape index (κ3) is 3.47. The van der Waals surface area contributed by atoms with E-state index in [-0.39, 0.29) is 5.41 Å². The first-order chi connectivity index (χ1) is 13.4. The zero-order valence-electron chi connectivity index (χ0n) is 15.2. The van der Waals surface area contributed by atoms with Gasteiger partial charge in [-0.25, -0.2) is 0 Å². The molecule has 0 aliphatic heterocycles. The average molecular weight is 346 g/mol. The molecule has 0 aliphatic carbocycles. The van der Waals surface area contributed by atoms with Crippen LogP contribution in [0.1, 0.15) is 22.3 Å². The Morgan fingerprint density at radius 3 is 1.11 bits per heavy atom. The molecule has 0 atom stereocenters. The Bertz CT molecular complexity index is 888. The van der Waals surface area contributed by atoms with Crippen molar-refractivity contribution in [3.8, 4) is 0 Å². The van der Waals surface area contributed by atoms with Gasteiger partial charge in [-0.05, 0) is 22.3 Å². The highest BCUT2D eigenvalue weighted by molar-refractivity contribution is 5.61. The SMILES string of the molecule is C(=CC(c1ccccc1)(c1ccccc1)c1ccccc1)c1ccccc1. The Balaban J connectivity index is 1.99. The summed E-state index contributed by atoms with van der Waals surface area (Å²) in [4.78, 5) is 0. The van der Waals surface area contributed by atoms with E-state index >= 15 is 0 Å². The van der Waals surface area contributed by atoms with E-state index in [0.29, 0.717) is 0 Å². The largest absolute Gasteiger partial charge is 0.0646 e. The summed E-state index contributed by atoms with van der Waals surface area (Å²) in [6.45, 7) is 0. The molecule has 4 aromatic carbocycles. The lowest BCUT2D eigenvalue weighted by atomic mass is 9.69. The Labute approximate surface area is 161 Å². The fourth-order valence-corrected chi connectivity index (χ4v) is 3.68. The van der Waals surface area contributed by atoms with Crippen LogP contribution < -0.4 is 0 Å². The van der Waals surface area contributed by atoms with Gasteiger partial charge in [0.05, 0.1) is 5.41 Å². The topological polar surface area (TPSA) is 0 Å².